The molecule has 0 bridgehead atoms. The number of halogens is 1. The number of rotatable bonds is 3. The summed E-state index contributed by atoms with van der Waals surface area (Å²) < 4.78 is 0. The Balaban J connectivity index is 2.22. The Bertz CT molecular complexity index is 307. The summed E-state index contributed by atoms with van der Waals surface area (Å²) in [5.74, 6) is 1.39. The summed E-state index contributed by atoms with van der Waals surface area (Å²) in [4.78, 5) is 0. The molecule has 1 aliphatic carbocycles. The number of hydrogen-bond donors (Lipinski definition) is 0. The lowest BCUT2D eigenvalue weighted by molar-refractivity contribution is 0.791. The fourth-order valence-corrected chi connectivity index (χ4v) is 2.29. The first-order valence-corrected chi connectivity index (χ1v) is 5.88. The van der Waals surface area contributed by atoms with Crippen LogP contribution in [-0.4, -0.2) is 5.88 Å². The molecule has 0 heterocycles. The van der Waals surface area contributed by atoms with Gasteiger partial charge in [-0.05, 0) is 29.9 Å². The van der Waals surface area contributed by atoms with Gasteiger partial charge in [0, 0.05) is 11.3 Å². The van der Waals surface area contributed by atoms with E-state index in [0.717, 1.165) is 5.88 Å². The van der Waals surface area contributed by atoms with Crippen molar-refractivity contribution in [3.8, 4) is 0 Å². The van der Waals surface area contributed by atoms with Crippen LogP contribution < -0.4 is 0 Å². The van der Waals surface area contributed by atoms with Crippen LogP contribution in [0.2, 0.25) is 0 Å². The Morgan fingerprint density at radius 3 is 2.14 bits per heavy atom. The molecule has 1 aromatic carbocycles. The summed E-state index contributed by atoms with van der Waals surface area (Å²) in [6.45, 7) is 4.45. The van der Waals surface area contributed by atoms with Crippen molar-refractivity contribution in [3.05, 3.63) is 35.4 Å². The van der Waals surface area contributed by atoms with Crippen LogP contribution in [0.15, 0.2) is 24.3 Å². The van der Waals surface area contributed by atoms with Crippen molar-refractivity contribution >= 4 is 11.6 Å². The molecule has 0 unspecified atom stereocenters. The maximum absolute atomic E-state index is 5.99. The first kappa shape index (κ1) is 10.0. The SMILES string of the molecule is CC(C)c1ccc(C2(CCl)CC2)cc1. The van der Waals surface area contributed by atoms with Gasteiger partial charge in [-0.1, -0.05) is 38.1 Å². The van der Waals surface area contributed by atoms with Crippen molar-refractivity contribution < 1.29 is 0 Å². The minimum atomic E-state index is 0.330. The highest BCUT2D eigenvalue weighted by Gasteiger charge is 2.43. The molecule has 0 radical (unpaired) electrons. The van der Waals surface area contributed by atoms with Gasteiger partial charge in [-0.15, -0.1) is 11.6 Å². The first-order valence-electron chi connectivity index (χ1n) is 5.34. The lowest BCUT2D eigenvalue weighted by atomic mass is 9.94. The highest BCUT2D eigenvalue weighted by molar-refractivity contribution is 6.19. The lowest BCUT2D eigenvalue weighted by Crippen LogP contribution is -2.07. The fourth-order valence-electron chi connectivity index (χ4n) is 1.87. The monoisotopic (exact) mass is 208 g/mol. The van der Waals surface area contributed by atoms with Crippen molar-refractivity contribution in [1.82, 2.24) is 0 Å². The second-order valence-electron chi connectivity index (χ2n) is 4.69. The van der Waals surface area contributed by atoms with E-state index in [1.54, 1.807) is 0 Å². The standard InChI is InChI=1S/C13H17Cl/c1-10(2)11-3-5-12(6-4-11)13(9-14)7-8-13/h3-6,10H,7-9H2,1-2H3. The zero-order valence-electron chi connectivity index (χ0n) is 8.89. The maximum atomic E-state index is 5.99. The highest BCUT2D eigenvalue weighted by atomic mass is 35.5. The van der Waals surface area contributed by atoms with Gasteiger partial charge in [-0.25, -0.2) is 0 Å². The van der Waals surface area contributed by atoms with E-state index in [0.29, 0.717) is 11.3 Å². The van der Waals surface area contributed by atoms with Crippen LogP contribution in [0.5, 0.6) is 0 Å². The number of hydrogen-bond acceptors (Lipinski definition) is 0. The predicted molar refractivity (Wildman–Crippen MR) is 62.2 cm³/mol. The molecule has 0 aromatic heterocycles. The quantitative estimate of drug-likeness (QED) is 0.657. The zero-order chi connectivity index (χ0) is 10.2. The third kappa shape index (κ3) is 1.68. The van der Waals surface area contributed by atoms with Gasteiger partial charge in [0.05, 0.1) is 0 Å². The summed E-state index contributed by atoms with van der Waals surface area (Å²) in [6.07, 6.45) is 2.52. The van der Waals surface area contributed by atoms with E-state index in [1.165, 1.54) is 24.0 Å². The Morgan fingerprint density at radius 1 is 1.21 bits per heavy atom. The van der Waals surface area contributed by atoms with Gasteiger partial charge >= 0.3 is 0 Å². The van der Waals surface area contributed by atoms with Crippen LogP contribution in [0.1, 0.15) is 43.7 Å². The molecule has 0 aliphatic heterocycles. The zero-order valence-corrected chi connectivity index (χ0v) is 9.64. The van der Waals surface area contributed by atoms with Crippen molar-refractivity contribution in [2.45, 2.75) is 38.0 Å². The third-order valence-electron chi connectivity index (χ3n) is 3.30. The van der Waals surface area contributed by atoms with Crippen molar-refractivity contribution in [3.63, 3.8) is 0 Å². The highest BCUT2D eigenvalue weighted by Crippen LogP contribution is 2.49. The molecule has 1 aliphatic rings. The van der Waals surface area contributed by atoms with E-state index in [2.05, 4.69) is 38.1 Å². The molecule has 2 rings (SSSR count). The summed E-state index contributed by atoms with van der Waals surface area (Å²) in [7, 11) is 0. The molecule has 0 amide bonds. The van der Waals surface area contributed by atoms with Crippen LogP contribution in [0.3, 0.4) is 0 Å². The number of benzene rings is 1. The predicted octanol–water partition coefficient (Wildman–Crippen LogP) is 4.08. The molecule has 1 heteroatoms. The second-order valence-corrected chi connectivity index (χ2v) is 4.96. The molecular formula is C13H17Cl. The first-order chi connectivity index (χ1) is 6.68. The summed E-state index contributed by atoms with van der Waals surface area (Å²) >= 11 is 5.99. The maximum Gasteiger partial charge on any atom is 0.0320 e. The normalized spacial score (nSPS) is 18.6. The average molecular weight is 209 g/mol. The van der Waals surface area contributed by atoms with E-state index in [-0.39, 0.29) is 0 Å². The molecule has 1 saturated carbocycles. The molecule has 14 heavy (non-hydrogen) atoms. The number of alkyl halides is 1. The minimum Gasteiger partial charge on any atom is -0.126 e. The van der Waals surface area contributed by atoms with E-state index in [1.807, 2.05) is 0 Å². The molecule has 0 spiro atoms. The lowest BCUT2D eigenvalue weighted by Gasteiger charge is -2.13. The van der Waals surface area contributed by atoms with Gasteiger partial charge in [-0.3, -0.25) is 0 Å². The second kappa shape index (κ2) is 3.58. The smallest absolute Gasteiger partial charge is 0.0320 e. The average Bonchev–Trinajstić information content (AvgIpc) is 2.99. The molecule has 76 valence electrons. The molecule has 0 atom stereocenters. The van der Waals surface area contributed by atoms with Gasteiger partial charge < -0.3 is 0 Å². The Labute approximate surface area is 91.3 Å². The van der Waals surface area contributed by atoms with Gasteiger partial charge in [0.25, 0.3) is 0 Å². The third-order valence-corrected chi connectivity index (χ3v) is 3.81. The topological polar surface area (TPSA) is 0 Å². The largest absolute Gasteiger partial charge is 0.126 e. The molecule has 0 saturated heterocycles. The molecule has 1 aromatic rings. The molecule has 1 fully saturated rings. The fraction of sp³-hybridized carbons (Fsp3) is 0.538. The van der Waals surface area contributed by atoms with Gasteiger partial charge in [0.1, 0.15) is 0 Å². The van der Waals surface area contributed by atoms with Crippen LogP contribution in [0.4, 0.5) is 0 Å². The van der Waals surface area contributed by atoms with Crippen LogP contribution in [-0.2, 0) is 5.41 Å². The molecule has 0 N–H and O–H groups in total. The summed E-state index contributed by atoms with van der Waals surface area (Å²) in [5, 5.41) is 0. The summed E-state index contributed by atoms with van der Waals surface area (Å²) in [6, 6.07) is 8.99. The van der Waals surface area contributed by atoms with Crippen LogP contribution in [0, 0.1) is 0 Å². The van der Waals surface area contributed by atoms with E-state index >= 15 is 0 Å². The van der Waals surface area contributed by atoms with Crippen molar-refractivity contribution in [1.29, 1.82) is 0 Å². The van der Waals surface area contributed by atoms with Gasteiger partial charge in [-0.2, -0.15) is 0 Å². The van der Waals surface area contributed by atoms with Crippen LogP contribution in [0.25, 0.3) is 0 Å². The van der Waals surface area contributed by atoms with Crippen molar-refractivity contribution in [2.24, 2.45) is 0 Å². The Morgan fingerprint density at radius 2 is 1.79 bits per heavy atom. The minimum absolute atomic E-state index is 0.330. The summed E-state index contributed by atoms with van der Waals surface area (Å²) in [5.41, 5.74) is 3.17. The van der Waals surface area contributed by atoms with Crippen LogP contribution >= 0.6 is 11.6 Å². The van der Waals surface area contributed by atoms with Gasteiger partial charge in [0.2, 0.25) is 0 Å². The van der Waals surface area contributed by atoms with E-state index in [9.17, 15) is 0 Å². The van der Waals surface area contributed by atoms with Crippen molar-refractivity contribution in [2.75, 3.05) is 5.88 Å². The van der Waals surface area contributed by atoms with E-state index in [4.69, 9.17) is 11.6 Å². The van der Waals surface area contributed by atoms with Gasteiger partial charge in [0.15, 0.2) is 0 Å². The Hall–Kier alpha value is -0.490. The Kier molecular flexibility index (Phi) is 2.57. The molecular weight excluding hydrogens is 192 g/mol. The van der Waals surface area contributed by atoms with E-state index < -0.39 is 0 Å². The molecule has 0 nitrogen and oxygen atoms in total.